The average Bonchev–Trinajstić information content (AvgIpc) is 2.72. The van der Waals surface area contributed by atoms with E-state index >= 15 is 0 Å². The molecule has 0 saturated carbocycles. The topological polar surface area (TPSA) is 40.5 Å². The maximum Gasteiger partial charge on any atom is 0.0319 e. The van der Waals surface area contributed by atoms with Crippen LogP contribution in [0.25, 0.3) is 43.1 Å². The molecule has 5 aromatic carbocycles. The Hall–Kier alpha value is -2.94. The van der Waals surface area contributed by atoms with E-state index in [1.165, 1.54) is 43.1 Å². The van der Waals surface area contributed by atoms with Crippen LogP contribution in [-0.4, -0.2) is 24.4 Å². The van der Waals surface area contributed by atoms with Crippen LogP contribution in [0.5, 0.6) is 0 Å². The van der Waals surface area contributed by atoms with E-state index < -0.39 is 0 Å². The van der Waals surface area contributed by atoms with Gasteiger partial charge in [-0.2, -0.15) is 0 Å². The largest absolute Gasteiger partial charge is 0.400 e. The number of benzene rings is 5. The predicted octanol–water partition coefficient (Wildman–Crippen LogP) is 5.52. The highest BCUT2D eigenvalue weighted by Gasteiger charge is 2.02. The fourth-order valence-corrected chi connectivity index (χ4v) is 3.39. The van der Waals surface area contributed by atoms with Gasteiger partial charge >= 0.3 is 0 Å². The van der Waals surface area contributed by atoms with Gasteiger partial charge in [-0.3, -0.25) is 0 Å². The molecule has 0 bridgehead atoms. The van der Waals surface area contributed by atoms with Crippen molar-refractivity contribution in [2.75, 3.05) is 14.2 Å². The zero-order valence-electron chi connectivity index (χ0n) is 15.0. The maximum absolute atomic E-state index is 7.00. The molecule has 0 heterocycles. The summed E-state index contributed by atoms with van der Waals surface area (Å²) in [5.74, 6) is 0. The van der Waals surface area contributed by atoms with Crippen molar-refractivity contribution >= 4 is 43.1 Å². The van der Waals surface area contributed by atoms with E-state index in [0.29, 0.717) is 0 Å². The van der Waals surface area contributed by atoms with Gasteiger partial charge in [-0.25, -0.2) is 0 Å². The summed E-state index contributed by atoms with van der Waals surface area (Å²) >= 11 is 0. The van der Waals surface area contributed by atoms with Crippen LogP contribution in [0, 0.1) is 0 Å². The lowest BCUT2D eigenvalue weighted by atomic mass is 9.97. The first-order chi connectivity index (χ1) is 12.9. The summed E-state index contributed by atoms with van der Waals surface area (Å²) in [6.45, 7) is 0. The normalized spacial score (nSPS) is 10.3. The zero-order valence-corrected chi connectivity index (χ0v) is 15.0. The van der Waals surface area contributed by atoms with Crippen molar-refractivity contribution in [3.63, 3.8) is 0 Å². The standard InChI is InChI=1S/C22H14.2CH4O/c1-2-6-16-10-20-14-22-12-18-8-4-3-7-17(18)11-21(22)13-19(20)9-15(16)5-1;2*1-2/h1-14H;2*2H,1H3. The van der Waals surface area contributed by atoms with Crippen molar-refractivity contribution in [1.29, 1.82) is 0 Å². The van der Waals surface area contributed by atoms with Gasteiger partial charge in [0.05, 0.1) is 0 Å². The second-order valence-electron chi connectivity index (χ2n) is 5.95. The summed E-state index contributed by atoms with van der Waals surface area (Å²) in [4.78, 5) is 0. The van der Waals surface area contributed by atoms with Crippen molar-refractivity contribution in [3.8, 4) is 0 Å². The summed E-state index contributed by atoms with van der Waals surface area (Å²) in [6, 6.07) is 30.9. The molecule has 0 amide bonds. The van der Waals surface area contributed by atoms with Gasteiger partial charge in [0.25, 0.3) is 0 Å². The van der Waals surface area contributed by atoms with Crippen molar-refractivity contribution in [3.05, 3.63) is 84.9 Å². The molecule has 2 N–H and O–H groups in total. The fraction of sp³-hybridized carbons (Fsp3) is 0.0833. The first-order valence-electron chi connectivity index (χ1n) is 8.51. The van der Waals surface area contributed by atoms with E-state index in [9.17, 15) is 0 Å². The fourth-order valence-electron chi connectivity index (χ4n) is 3.39. The van der Waals surface area contributed by atoms with Crippen molar-refractivity contribution in [1.82, 2.24) is 0 Å². The summed E-state index contributed by atoms with van der Waals surface area (Å²) in [6.07, 6.45) is 0. The monoisotopic (exact) mass is 342 g/mol. The summed E-state index contributed by atoms with van der Waals surface area (Å²) < 4.78 is 0. The lowest BCUT2D eigenvalue weighted by Crippen LogP contribution is -1.80. The molecule has 0 aliphatic carbocycles. The predicted molar refractivity (Wildman–Crippen MR) is 113 cm³/mol. The highest BCUT2D eigenvalue weighted by atomic mass is 16.2. The Morgan fingerprint density at radius 3 is 0.769 bits per heavy atom. The number of aliphatic hydroxyl groups is 2. The Balaban J connectivity index is 0.000000461. The molecule has 5 aromatic rings. The molecule has 0 saturated heterocycles. The van der Waals surface area contributed by atoms with E-state index in [4.69, 9.17) is 10.2 Å². The van der Waals surface area contributed by atoms with Crippen LogP contribution in [0.2, 0.25) is 0 Å². The Morgan fingerprint density at radius 1 is 0.346 bits per heavy atom. The lowest BCUT2D eigenvalue weighted by molar-refractivity contribution is 0.399. The van der Waals surface area contributed by atoms with Gasteiger partial charge in [0.15, 0.2) is 0 Å². The minimum atomic E-state index is 1.00. The molecule has 2 nitrogen and oxygen atoms in total. The molecule has 26 heavy (non-hydrogen) atoms. The quantitative estimate of drug-likeness (QED) is 0.364. The maximum atomic E-state index is 7.00. The van der Waals surface area contributed by atoms with Crippen LogP contribution in [0.3, 0.4) is 0 Å². The molecular weight excluding hydrogens is 320 g/mol. The van der Waals surface area contributed by atoms with Crippen LogP contribution < -0.4 is 0 Å². The van der Waals surface area contributed by atoms with Crippen LogP contribution in [0.4, 0.5) is 0 Å². The van der Waals surface area contributed by atoms with E-state index in [1.54, 1.807) is 0 Å². The molecule has 0 fully saturated rings. The van der Waals surface area contributed by atoms with Crippen LogP contribution in [0.1, 0.15) is 0 Å². The second kappa shape index (κ2) is 7.96. The number of hydrogen-bond donors (Lipinski definition) is 2. The van der Waals surface area contributed by atoms with Gasteiger partial charge in [0, 0.05) is 14.2 Å². The summed E-state index contributed by atoms with van der Waals surface area (Å²) in [5, 5.41) is 24.4. The first kappa shape index (κ1) is 17.9. The third kappa shape index (κ3) is 3.25. The van der Waals surface area contributed by atoms with Gasteiger partial charge in [-0.05, 0) is 79.5 Å². The molecule has 0 aromatic heterocycles. The molecule has 0 unspecified atom stereocenters. The SMILES string of the molecule is CO.CO.c1ccc2cc3cc4cc5ccccc5cc4cc3cc2c1. The highest BCUT2D eigenvalue weighted by molar-refractivity contribution is 6.08. The van der Waals surface area contributed by atoms with Crippen LogP contribution >= 0.6 is 0 Å². The van der Waals surface area contributed by atoms with Crippen LogP contribution in [-0.2, 0) is 0 Å². The van der Waals surface area contributed by atoms with E-state index in [2.05, 4.69) is 84.9 Å². The Bertz CT molecular complexity index is 992. The Morgan fingerprint density at radius 2 is 0.538 bits per heavy atom. The molecule has 2 heteroatoms. The lowest BCUT2D eigenvalue weighted by Gasteiger charge is -2.07. The molecule has 0 aliphatic heterocycles. The molecule has 130 valence electrons. The van der Waals surface area contributed by atoms with Crippen molar-refractivity contribution in [2.45, 2.75) is 0 Å². The summed E-state index contributed by atoms with van der Waals surface area (Å²) in [5.41, 5.74) is 0. The van der Waals surface area contributed by atoms with Crippen molar-refractivity contribution in [2.24, 2.45) is 0 Å². The van der Waals surface area contributed by atoms with Gasteiger partial charge < -0.3 is 10.2 Å². The average molecular weight is 342 g/mol. The number of hydrogen-bond acceptors (Lipinski definition) is 2. The third-order valence-electron chi connectivity index (χ3n) is 4.52. The van der Waals surface area contributed by atoms with Crippen molar-refractivity contribution < 1.29 is 10.2 Å². The van der Waals surface area contributed by atoms with Gasteiger partial charge in [0.2, 0.25) is 0 Å². The van der Waals surface area contributed by atoms with Gasteiger partial charge in [0.1, 0.15) is 0 Å². The zero-order chi connectivity index (χ0) is 18.5. The number of fused-ring (bicyclic) bond motifs is 4. The van der Waals surface area contributed by atoms with E-state index in [1.807, 2.05) is 0 Å². The molecule has 0 atom stereocenters. The highest BCUT2D eigenvalue weighted by Crippen LogP contribution is 2.29. The second-order valence-corrected chi connectivity index (χ2v) is 5.95. The molecular formula is C24H22O2. The minimum Gasteiger partial charge on any atom is -0.400 e. The van der Waals surface area contributed by atoms with Gasteiger partial charge in [-0.15, -0.1) is 0 Å². The Labute approximate surface area is 152 Å². The van der Waals surface area contributed by atoms with Gasteiger partial charge in [-0.1, -0.05) is 48.5 Å². The number of aliphatic hydroxyl groups excluding tert-OH is 2. The minimum absolute atomic E-state index is 1.00. The van der Waals surface area contributed by atoms with Crippen LogP contribution in [0.15, 0.2) is 84.9 Å². The first-order valence-corrected chi connectivity index (χ1v) is 8.51. The molecule has 5 rings (SSSR count). The molecule has 0 aliphatic rings. The summed E-state index contributed by atoms with van der Waals surface area (Å²) in [7, 11) is 2.00. The molecule has 0 radical (unpaired) electrons. The Kier molecular flexibility index (Phi) is 5.47. The third-order valence-corrected chi connectivity index (χ3v) is 4.52. The van der Waals surface area contributed by atoms with E-state index in [0.717, 1.165) is 14.2 Å². The number of rotatable bonds is 0. The smallest absolute Gasteiger partial charge is 0.0319 e. The molecule has 0 spiro atoms. The van der Waals surface area contributed by atoms with E-state index in [-0.39, 0.29) is 0 Å².